The second-order valence-corrected chi connectivity index (χ2v) is 5.17. The lowest BCUT2D eigenvalue weighted by Crippen LogP contribution is -2.38. The van der Waals surface area contributed by atoms with E-state index in [1.807, 2.05) is 5.32 Å². The Balaban J connectivity index is 2.23. The molecule has 1 N–H and O–H groups in total. The summed E-state index contributed by atoms with van der Waals surface area (Å²) in [4.78, 5) is 15.7. The molecule has 7 heteroatoms. The van der Waals surface area contributed by atoms with Gasteiger partial charge in [-0.1, -0.05) is 30.3 Å². The first kappa shape index (κ1) is 14.5. The summed E-state index contributed by atoms with van der Waals surface area (Å²) in [6, 6.07) is 5.21. The third-order valence-corrected chi connectivity index (χ3v) is 3.36. The van der Waals surface area contributed by atoms with Crippen LogP contribution in [0.1, 0.15) is 27.1 Å². The molecule has 2 rings (SSSR count). The van der Waals surface area contributed by atoms with Gasteiger partial charge in [0.05, 0.1) is 5.01 Å². The average molecular weight is 300 g/mol. The van der Waals surface area contributed by atoms with E-state index in [0.717, 1.165) is 0 Å². The van der Waals surface area contributed by atoms with Gasteiger partial charge in [-0.05, 0) is 12.5 Å². The number of hydrogen-bond acceptors (Lipinski definition) is 3. The van der Waals surface area contributed by atoms with E-state index < -0.39 is 18.1 Å². The van der Waals surface area contributed by atoms with Crippen molar-refractivity contribution in [2.24, 2.45) is 0 Å². The first-order chi connectivity index (χ1) is 9.38. The number of hydrogen-bond donors (Lipinski definition) is 1. The van der Waals surface area contributed by atoms with Crippen LogP contribution in [-0.2, 0) is 0 Å². The van der Waals surface area contributed by atoms with Crippen LogP contribution < -0.4 is 5.32 Å². The van der Waals surface area contributed by atoms with Crippen molar-refractivity contribution < 1.29 is 18.0 Å². The molecular formula is C13H11F3N2OS. The molecule has 1 heterocycles. The second kappa shape index (κ2) is 5.62. The molecule has 20 heavy (non-hydrogen) atoms. The first-order valence-electron chi connectivity index (χ1n) is 5.72. The van der Waals surface area contributed by atoms with Crippen molar-refractivity contribution in [2.45, 2.75) is 19.1 Å². The number of carbonyl (C=O) groups excluding carboxylic acids is 1. The van der Waals surface area contributed by atoms with Crippen LogP contribution in [0.4, 0.5) is 13.2 Å². The number of alkyl halides is 3. The highest BCUT2D eigenvalue weighted by Gasteiger charge is 2.42. The predicted molar refractivity (Wildman–Crippen MR) is 69.6 cm³/mol. The Morgan fingerprint density at radius 2 is 1.95 bits per heavy atom. The van der Waals surface area contributed by atoms with Gasteiger partial charge in [0, 0.05) is 5.38 Å². The van der Waals surface area contributed by atoms with Gasteiger partial charge in [-0.15, -0.1) is 11.3 Å². The Morgan fingerprint density at radius 1 is 1.30 bits per heavy atom. The lowest BCUT2D eigenvalue weighted by molar-refractivity contribution is -0.155. The summed E-state index contributed by atoms with van der Waals surface area (Å²) in [5, 5.41) is 4.04. The molecule has 0 aliphatic heterocycles. The molecule has 0 fully saturated rings. The average Bonchev–Trinajstić information content (AvgIpc) is 2.82. The zero-order valence-electron chi connectivity index (χ0n) is 10.4. The van der Waals surface area contributed by atoms with E-state index in [-0.39, 0.29) is 11.3 Å². The third kappa shape index (κ3) is 3.36. The summed E-state index contributed by atoms with van der Waals surface area (Å²) in [6.45, 7) is 1.68. The highest BCUT2D eigenvalue weighted by atomic mass is 32.1. The number of halogens is 3. The fourth-order valence-corrected chi connectivity index (χ4v) is 2.27. The summed E-state index contributed by atoms with van der Waals surface area (Å²) in [7, 11) is 0. The molecule has 0 aliphatic rings. The van der Waals surface area contributed by atoms with Crippen LogP contribution in [0.3, 0.4) is 0 Å². The van der Waals surface area contributed by atoms with Gasteiger partial charge < -0.3 is 5.32 Å². The molecule has 1 aromatic heterocycles. The smallest absolute Gasteiger partial charge is 0.335 e. The normalized spacial score (nSPS) is 13.0. The predicted octanol–water partition coefficient (Wildman–Crippen LogP) is 3.48. The van der Waals surface area contributed by atoms with E-state index in [1.165, 1.54) is 41.0 Å². The van der Waals surface area contributed by atoms with Crippen molar-refractivity contribution in [1.82, 2.24) is 10.3 Å². The molecule has 3 nitrogen and oxygen atoms in total. The van der Waals surface area contributed by atoms with Gasteiger partial charge >= 0.3 is 6.18 Å². The van der Waals surface area contributed by atoms with Crippen molar-refractivity contribution in [3.8, 4) is 0 Å². The number of benzene rings is 1. The van der Waals surface area contributed by atoms with Crippen LogP contribution in [0.15, 0.2) is 35.7 Å². The monoisotopic (exact) mass is 300 g/mol. The van der Waals surface area contributed by atoms with Crippen molar-refractivity contribution >= 4 is 17.2 Å². The van der Waals surface area contributed by atoms with Gasteiger partial charge in [0.1, 0.15) is 5.69 Å². The number of aromatic nitrogens is 1. The van der Waals surface area contributed by atoms with Crippen LogP contribution in [-0.4, -0.2) is 17.1 Å². The molecule has 0 unspecified atom stereocenters. The number of aryl methyl sites for hydroxylation is 1. The fraction of sp³-hybridized carbons (Fsp3) is 0.231. The Morgan fingerprint density at radius 3 is 2.45 bits per heavy atom. The van der Waals surface area contributed by atoms with E-state index in [1.54, 1.807) is 13.0 Å². The van der Waals surface area contributed by atoms with Crippen molar-refractivity contribution in [2.75, 3.05) is 0 Å². The number of thiazole rings is 1. The van der Waals surface area contributed by atoms with E-state index in [2.05, 4.69) is 4.98 Å². The van der Waals surface area contributed by atoms with Crippen LogP contribution in [0.5, 0.6) is 0 Å². The molecule has 1 aromatic carbocycles. The Kier molecular flexibility index (Phi) is 4.08. The maximum absolute atomic E-state index is 13.1. The SMILES string of the molecule is Cc1nc(C(=O)N[C@@H](c2ccccc2)C(F)(F)F)cs1. The summed E-state index contributed by atoms with van der Waals surface area (Å²) in [5.74, 6) is -0.833. The fourth-order valence-electron chi connectivity index (χ4n) is 1.67. The standard InChI is InChI=1S/C13H11F3N2OS/c1-8-17-10(7-20-8)12(19)18-11(13(14,15)16)9-5-3-2-4-6-9/h2-7,11H,1H3,(H,18,19)/t11-/m0/s1. The number of carbonyl (C=O) groups is 1. The third-order valence-electron chi connectivity index (χ3n) is 2.59. The van der Waals surface area contributed by atoms with Crippen LogP contribution in [0.2, 0.25) is 0 Å². The van der Waals surface area contributed by atoms with Crippen molar-refractivity contribution in [3.63, 3.8) is 0 Å². The molecular weight excluding hydrogens is 289 g/mol. The molecule has 0 spiro atoms. The van der Waals surface area contributed by atoms with E-state index >= 15 is 0 Å². The molecule has 0 aliphatic carbocycles. The molecule has 1 amide bonds. The molecule has 0 radical (unpaired) electrons. The summed E-state index contributed by atoms with van der Waals surface area (Å²) >= 11 is 1.21. The highest BCUT2D eigenvalue weighted by molar-refractivity contribution is 7.09. The summed E-state index contributed by atoms with van der Waals surface area (Å²) in [5.41, 5.74) is -0.0158. The zero-order valence-corrected chi connectivity index (χ0v) is 11.3. The Labute approximate surface area is 117 Å². The molecule has 0 saturated carbocycles. The molecule has 0 bridgehead atoms. The minimum absolute atomic E-state index is 0.00215. The number of rotatable bonds is 3. The van der Waals surface area contributed by atoms with E-state index in [4.69, 9.17) is 0 Å². The largest absolute Gasteiger partial charge is 0.412 e. The number of nitrogens with one attached hydrogen (secondary N) is 1. The van der Waals surface area contributed by atoms with Crippen LogP contribution in [0, 0.1) is 6.92 Å². The molecule has 0 saturated heterocycles. The Bertz CT molecular complexity index is 595. The minimum atomic E-state index is -4.57. The van der Waals surface area contributed by atoms with Gasteiger partial charge in [0.15, 0.2) is 6.04 Å². The van der Waals surface area contributed by atoms with Gasteiger partial charge in [-0.3, -0.25) is 4.79 Å². The van der Waals surface area contributed by atoms with Crippen molar-refractivity contribution in [1.29, 1.82) is 0 Å². The lowest BCUT2D eigenvalue weighted by atomic mass is 10.1. The van der Waals surface area contributed by atoms with E-state index in [0.29, 0.717) is 5.01 Å². The van der Waals surface area contributed by atoms with Gasteiger partial charge in [0.25, 0.3) is 5.91 Å². The maximum atomic E-state index is 13.1. The van der Waals surface area contributed by atoms with E-state index in [9.17, 15) is 18.0 Å². The molecule has 106 valence electrons. The lowest BCUT2D eigenvalue weighted by Gasteiger charge is -2.21. The number of amides is 1. The van der Waals surface area contributed by atoms with Gasteiger partial charge in [-0.25, -0.2) is 4.98 Å². The quantitative estimate of drug-likeness (QED) is 0.943. The second-order valence-electron chi connectivity index (χ2n) is 4.11. The minimum Gasteiger partial charge on any atom is -0.335 e. The summed E-state index contributed by atoms with van der Waals surface area (Å²) < 4.78 is 39.2. The molecule has 2 aromatic rings. The van der Waals surface area contributed by atoms with Crippen molar-refractivity contribution in [3.05, 3.63) is 52.0 Å². The summed E-state index contributed by atoms with van der Waals surface area (Å²) in [6.07, 6.45) is -4.57. The number of nitrogens with zero attached hydrogens (tertiary/aromatic N) is 1. The van der Waals surface area contributed by atoms with Crippen LogP contribution >= 0.6 is 11.3 Å². The zero-order chi connectivity index (χ0) is 14.8. The topological polar surface area (TPSA) is 42.0 Å². The first-order valence-corrected chi connectivity index (χ1v) is 6.60. The maximum Gasteiger partial charge on any atom is 0.412 e. The highest BCUT2D eigenvalue weighted by Crippen LogP contribution is 2.32. The molecule has 1 atom stereocenters. The Hall–Kier alpha value is -1.89. The van der Waals surface area contributed by atoms with Gasteiger partial charge in [-0.2, -0.15) is 13.2 Å². The van der Waals surface area contributed by atoms with Gasteiger partial charge in [0.2, 0.25) is 0 Å². The van der Waals surface area contributed by atoms with Crippen LogP contribution in [0.25, 0.3) is 0 Å².